The van der Waals surface area contributed by atoms with Gasteiger partial charge in [-0.1, -0.05) is 41.9 Å². The van der Waals surface area contributed by atoms with Gasteiger partial charge in [0.1, 0.15) is 10.8 Å². The molecule has 2 nitrogen and oxygen atoms in total. The molecule has 0 aliphatic rings. The van der Waals surface area contributed by atoms with Gasteiger partial charge in [0.05, 0.1) is 0 Å². The third-order valence-electron chi connectivity index (χ3n) is 2.05. The second-order valence-electron chi connectivity index (χ2n) is 2.95. The second kappa shape index (κ2) is 3.31. The van der Waals surface area contributed by atoms with Crippen LogP contribution in [0.1, 0.15) is 0 Å². The predicted octanol–water partition coefficient (Wildman–Crippen LogP) is 2.56. The third-order valence-corrected chi connectivity index (χ3v) is 2.42. The van der Waals surface area contributed by atoms with E-state index in [-0.39, 0.29) is 16.2 Å². The molecular formula is C11H7ClO2. The van der Waals surface area contributed by atoms with Gasteiger partial charge in [0.2, 0.25) is 5.43 Å². The normalized spacial score (nSPS) is 10.4. The van der Waals surface area contributed by atoms with E-state index in [0.29, 0.717) is 5.39 Å². The Morgan fingerprint density at radius 2 is 1.79 bits per heavy atom. The van der Waals surface area contributed by atoms with Crippen molar-refractivity contribution < 1.29 is 5.11 Å². The van der Waals surface area contributed by atoms with Gasteiger partial charge in [0.15, 0.2) is 0 Å². The van der Waals surface area contributed by atoms with Crippen molar-refractivity contribution in [2.45, 2.75) is 0 Å². The van der Waals surface area contributed by atoms with Gasteiger partial charge in [0.25, 0.3) is 0 Å². The lowest BCUT2D eigenvalue weighted by Gasteiger charge is -1.94. The van der Waals surface area contributed by atoms with Crippen molar-refractivity contribution in [2.24, 2.45) is 0 Å². The summed E-state index contributed by atoms with van der Waals surface area (Å²) in [5.74, 6) is -0.155. The molecule has 0 radical (unpaired) electrons. The SMILES string of the molecule is O=c1ccc2ccccc2c(O)c1Cl. The molecule has 0 aliphatic heterocycles. The van der Waals surface area contributed by atoms with E-state index >= 15 is 0 Å². The van der Waals surface area contributed by atoms with Crippen molar-refractivity contribution in [3.05, 3.63) is 51.6 Å². The molecular weight excluding hydrogens is 200 g/mol. The summed E-state index contributed by atoms with van der Waals surface area (Å²) in [5.41, 5.74) is -0.375. The number of rotatable bonds is 0. The van der Waals surface area contributed by atoms with E-state index in [0.717, 1.165) is 5.39 Å². The Labute approximate surface area is 85.4 Å². The van der Waals surface area contributed by atoms with Crippen LogP contribution in [0, 0.1) is 0 Å². The first-order valence-corrected chi connectivity index (χ1v) is 4.48. The molecule has 2 aromatic carbocycles. The first-order valence-electron chi connectivity index (χ1n) is 4.10. The van der Waals surface area contributed by atoms with Gasteiger partial charge >= 0.3 is 0 Å². The Balaban J connectivity index is 3.07. The smallest absolute Gasteiger partial charge is 0.200 e. The van der Waals surface area contributed by atoms with Crippen LogP contribution in [0.4, 0.5) is 0 Å². The number of hydrogen-bond acceptors (Lipinski definition) is 2. The molecule has 1 N–H and O–H groups in total. The summed E-state index contributed by atoms with van der Waals surface area (Å²) in [4.78, 5) is 11.3. The molecule has 0 fully saturated rings. The van der Waals surface area contributed by atoms with Gasteiger partial charge in [-0.3, -0.25) is 4.79 Å². The predicted molar refractivity (Wildman–Crippen MR) is 56.9 cm³/mol. The molecule has 14 heavy (non-hydrogen) atoms. The summed E-state index contributed by atoms with van der Waals surface area (Å²) >= 11 is 5.68. The van der Waals surface area contributed by atoms with Gasteiger partial charge in [-0.15, -0.1) is 0 Å². The molecule has 0 heterocycles. The molecule has 2 rings (SSSR count). The lowest BCUT2D eigenvalue weighted by molar-refractivity contribution is 0.482. The van der Waals surface area contributed by atoms with Crippen LogP contribution in [-0.2, 0) is 0 Å². The lowest BCUT2D eigenvalue weighted by Crippen LogP contribution is -1.93. The molecule has 3 heteroatoms. The first kappa shape index (κ1) is 9.03. The van der Waals surface area contributed by atoms with Crippen molar-refractivity contribution in [1.29, 1.82) is 0 Å². The van der Waals surface area contributed by atoms with E-state index in [1.54, 1.807) is 18.2 Å². The van der Waals surface area contributed by atoms with E-state index in [2.05, 4.69) is 0 Å². The largest absolute Gasteiger partial charge is 0.506 e. The summed E-state index contributed by atoms with van der Waals surface area (Å²) in [6, 6.07) is 10.1. The summed E-state index contributed by atoms with van der Waals surface area (Å²) in [6.45, 7) is 0. The van der Waals surface area contributed by atoms with Crippen LogP contribution in [0.25, 0.3) is 10.8 Å². The zero-order chi connectivity index (χ0) is 10.1. The summed E-state index contributed by atoms with van der Waals surface area (Å²) in [6.07, 6.45) is 0. The zero-order valence-corrected chi connectivity index (χ0v) is 7.95. The number of fused-ring (bicyclic) bond motifs is 1. The second-order valence-corrected chi connectivity index (χ2v) is 3.33. The minimum atomic E-state index is -0.375. The number of halogens is 1. The van der Waals surface area contributed by atoms with Gasteiger partial charge in [0, 0.05) is 5.39 Å². The molecule has 2 aromatic rings. The minimum absolute atomic E-state index is 0.133. The van der Waals surface area contributed by atoms with Crippen molar-refractivity contribution >= 4 is 22.4 Å². The molecule has 0 atom stereocenters. The minimum Gasteiger partial charge on any atom is -0.506 e. The van der Waals surface area contributed by atoms with E-state index < -0.39 is 0 Å². The summed E-state index contributed by atoms with van der Waals surface area (Å²) < 4.78 is 0. The van der Waals surface area contributed by atoms with Crippen molar-refractivity contribution in [2.75, 3.05) is 0 Å². The van der Waals surface area contributed by atoms with Crippen molar-refractivity contribution in [3.8, 4) is 5.75 Å². The van der Waals surface area contributed by atoms with E-state index in [4.69, 9.17) is 11.6 Å². The summed E-state index contributed by atoms with van der Waals surface area (Å²) in [5, 5.41) is 10.9. The molecule has 0 saturated heterocycles. The fourth-order valence-corrected chi connectivity index (χ4v) is 1.50. The maximum Gasteiger partial charge on any atom is 0.200 e. The quantitative estimate of drug-likeness (QED) is 0.719. The van der Waals surface area contributed by atoms with Gasteiger partial charge in [-0.2, -0.15) is 0 Å². The number of hydrogen-bond donors (Lipinski definition) is 1. The van der Waals surface area contributed by atoms with Crippen LogP contribution in [0.2, 0.25) is 5.02 Å². The highest BCUT2D eigenvalue weighted by Gasteiger charge is 2.04. The van der Waals surface area contributed by atoms with Crippen LogP contribution >= 0.6 is 11.6 Å². The molecule has 0 bridgehead atoms. The Hall–Kier alpha value is -1.54. The Kier molecular flexibility index (Phi) is 2.14. The highest BCUT2D eigenvalue weighted by atomic mass is 35.5. The highest BCUT2D eigenvalue weighted by Crippen LogP contribution is 2.27. The number of aromatic hydroxyl groups is 1. The van der Waals surface area contributed by atoms with Crippen LogP contribution < -0.4 is 5.43 Å². The monoisotopic (exact) mass is 206 g/mol. The highest BCUT2D eigenvalue weighted by molar-refractivity contribution is 6.32. The molecule has 0 unspecified atom stereocenters. The number of benzene rings is 1. The molecule has 70 valence electrons. The van der Waals surface area contributed by atoms with Crippen molar-refractivity contribution in [3.63, 3.8) is 0 Å². The van der Waals surface area contributed by atoms with Crippen LogP contribution in [0.15, 0.2) is 41.2 Å². The first-order chi connectivity index (χ1) is 6.70. The van der Waals surface area contributed by atoms with Crippen LogP contribution in [0.3, 0.4) is 0 Å². The molecule has 0 aliphatic carbocycles. The summed E-state index contributed by atoms with van der Waals surface area (Å²) in [7, 11) is 0. The maximum absolute atomic E-state index is 11.3. The van der Waals surface area contributed by atoms with Gasteiger partial charge in [-0.25, -0.2) is 0 Å². The Morgan fingerprint density at radius 1 is 1.07 bits per heavy atom. The average Bonchev–Trinajstić information content (AvgIpc) is 2.32. The average molecular weight is 207 g/mol. The fourth-order valence-electron chi connectivity index (χ4n) is 1.33. The molecule has 0 saturated carbocycles. The maximum atomic E-state index is 11.3. The van der Waals surface area contributed by atoms with Gasteiger partial charge in [-0.05, 0) is 11.5 Å². The molecule has 0 spiro atoms. The van der Waals surface area contributed by atoms with E-state index in [1.165, 1.54) is 6.07 Å². The van der Waals surface area contributed by atoms with Crippen LogP contribution in [-0.4, -0.2) is 5.11 Å². The third kappa shape index (κ3) is 1.34. The van der Waals surface area contributed by atoms with Crippen LogP contribution in [0.5, 0.6) is 5.75 Å². The molecule has 0 amide bonds. The lowest BCUT2D eigenvalue weighted by atomic mass is 10.2. The van der Waals surface area contributed by atoms with Crippen molar-refractivity contribution in [1.82, 2.24) is 0 Å². The standard InChI is InChI=1S/C11H7ClO2/c12-10-9(13)6-5-7-3-1-2-4-8(7)11(10)14/h1-6,14H. The fraction of sp³-hybridized carbons (Fsp3) is 0. The van der Waals surface area contributed by atoms with E-state index in [1.807, 2.05) is 12.1 Å². The topological polar surface area (TPSA) is 37.3 Å². The molecule has 0 aromatic heterocycles. The van der Waals surface area contributed by atoms with E-state index in [9.17, 15) is 9.90 Å². The zero-order valence-electron chi connectivity index (χ0n) is 7.20. The Bertz CT molecular complexity index is 549. The Morgan fingerprint density at radius 3 is 2.57 bits per heavy atom. The van der Waals surface area contributed by atoms with Gasteiger partial charge < -0.3 is 5.11 Å².